The van der Waals surface area contributed by atoms with Crippen LogP contribution < -0.4 is 0 Å². The summed E-state index contributed by atoms with van der Waals surface area (Å²) in [5, 5.41) is 0. The fourth-order valence-electron chi connectivity index (χ4n) is 1.39. The van der Waals surface area contributed by atoms with Crippen LogP contribution in [0.1, 0.15) is 27.7 Å². The molecule has 2 heteroatoms. The van der Waals surface area contributed by atoms with Gasteiger partial charge in [-0.2, -0.15) is 0 Å². The van der Waals surface area contributed by atoms with Crippen LogP contribution >= 0.6 is 0 Å². The van der Waals surface area contributed by atoms with Gasteiger partial charge in [0.15, 0.2) is 0 Å². The first-order valence-corrected chi connectivity index (χ1v) is 4.98. The molecule has 0 radical (unpaired) electrons. The minimum absolute atomic E-state index is 0.943. The summed E-state index contributed by atoms with van der Waals surface area (Å²) in [7, 11) is 1.79. The number of hydrogen-bond donors (Lipinski definition) is 0. The van der Waals surface area contributed by atoms with E-state index in [2.05, 4.69) is 43.5 Å². The van der Waals surface area contributed by atoms with Gasteiger partial charge in [0.1, 0.15) is 0 Å². The zero-order chi connectivity index (χ0) is 11.8. The molecule has 0 amide bonds. The summed E-state index contributed by atoms with van der Waals surface area (Å²) in [6.07, 6.45) is 5.62. The molecule has 0 aromatic heterocycles. The fraction of sp³-hybridized carbons (Fsp3) is 0.385. The zero-order valence-electron chi connectivity index (χ0n) is 10.3. The highest BCUT2D eigenvalue weighted by Crippen LogP contribution is 2.17. The van der Waals surface area contributed by atoms with Crippen LogP contribution in [0.5, 0.6) is 0 Å². The Labute approximate surface area is 92.8 Å². The second-order valence-electron chi connectivity index (χ2n) is 3.45. The highest BCUT2D eigenvalue weighted by atomic mass is 14.7. The third kappa shape index (κ3) is 4.07. The van der Waals surface area contributed by atoms with Crippen molar-refractivity contribution < 1.29 is 0 Å². The van der Waals surface area contributed by atoms with Crippen molar-refractivity contribution in [3.63, 3.8) is 0 Å². The molecule has 0 aromatic carbocycles. The van der Waals surface area contributed by atoms with Crippen LogP contribution in [0.25, 0.3) is 0 Å². The highest BCUT2D eigenvalue weighted by molar-refractivity contribution is 6.11. The predicted molar refractivity (Wildman–Crippen MR) is 69.9 cm³/mol. The number of aliphatic imine (C=N–C) groups is 2. The van der Waals surface area contributed by atoms with Crippen LogP contribution in [0.4, 0.5) is 0 Å². The molecule has 15 heavy (non-hydrogen) atoms. The molecule has 0 spiro atoms. The minimum Gasteiger partial charge on any atom is -0.288 e. The van der Waals surface area contributed by atoms with Gasteiger partial charge in [0.25, 0.3) is 0 Å². The van der Waals surface area contributed by atoms with Crippen LogP contribution in [-0.2, 0) is 0 Å². The Balaban J connectivity index is 5.37. The maximum absolute atomic E-state index is 4.26. The van der Waals surface area contributed by atoms with Gasteiger partial charge in [-0.25, -0.2) is 0 Å². The van der Waals surface area contributed by atoms with Gasteiger partial charge in [0.2, 0.25) is 0 Å². The first-order valence-electron chi connectivity index (χ1n) is 4.98. The van der Waals surface area contributed by atoms with E-state index >= 15 is 0 Å². The van der Waals surface area contributed by atoms with Gasteiger partial charge in [0.05, 0.1) is 5.71 Å². The molecule has 0 heterocycles. The lowest BCUT2D eigenvalue weighted by Gasteiger charge is -2.10. The lowest BCUT2D eigenvalue weighted by Crippen LogP contribution is -2.03. The molecule has 0 aliphatic heterocycles. The maximum Gasteiger partial charge on any atom is 0.0660 e. The molecule has 0 aromatic rings. The lowest BCUT2D eigenvalue weighted by molar-refractivity contribution is 1.28. The molecule has 0 bridgehead atoms. The van der Waals surface area contributed by atoms with Crippen molar-refractivity contribution in [1.82, 2.24) is 0 Å². The van der Waals surface area contributed by atoms with E-state index in [1.807, 2.05) is 13.0 Å². The molecule has 0 aliphatic carbocycles. The first-order chi connectivity index (χ1) is 7.08. The lowest BCUT2D eigenvalue weighted by atomic mass is 9.97. The summed E-state index contributed by atoms with van der Waals surface area (Å²) in [6.45, 7) is 11.7. The van der Waals surface area contributed by atoms with Crippen LogP contribution in [0.15, 0.2) is 45.1 Å². The third-order valence-corrected chi connectivity index (χ3v) is 2.16. The van der Waals surface area contributed by atoms with E-state index in [-0.39, 0.29) is 0 Å². The quantitative estimate of drug-likeness (QED) is 0.494. The molecular formula is C13H20N2. The molecule has 0 unspecified atom stereocenters. The van der Waals surface area contributed by atoms with Gasteiger partial charge in [-0.1, -0.05) is 11.6 Å². The normalized spacial score (nSPS) is 13.1. The van der Waals surface area contributed by atoms with Crippen molar-refractivity contribution in [3.8, 4) is 0 Å². The predicted octanol–water partition coefficient (Wildman–Crippen LogP) is 3.57. The van der Waals surface area contributed by atoms with E-state index < -0.39 is 0 Å². The minimum atomic E-state index is 0.943. The molecule has 0 saturated heterocycles. The summed E-state index contributed by atoms with van der Waals surface area (Å²) < 4.78 is 0. The largest absolute Gasteiger partial charge is 0.288 e. The zero-order valence-corrected chi connectivity index (χ0v) is 10.3. The number of allylic oxidation sites excluding steroid dienone is 5. The van der Waals surface area contributed by atoms with Gasteiger partial charge >= 0.3 is 0 Å². The maximum atomic E-state index is 4.26. The van der Waals surface area contributed by atoms with E-state index in [1.165, 1.54) is 16.7 Å². The average molecular weight is 204 g/mol. The third-order valence-electron chi connectivity index (χ3n) is 2.16. The molecular weight excluding hydrogens is 184 g/mol. The van der Waals surface area contributed by atoms with Gasteiger partial charge in [0, 0.05) is 18.8 Å². The van der Waals surface area contributed by atoms with E-state index in [4.69, 9.17) is 0 Å². The molecule has 0 N–H and O–H groups in total. The second kappa shape index (κ2) is 6.93. The summed E-state index contributed by atoms with van der Waals surface area (Å²) in [5.74, 6) is 0. The van der Waals surface area contributed by atoms with Gasteiger partial charge in [-0.05, 0) is 46.1 Å². The molecule has 0 rings (SSSR count). The van der Waals surface area contributed by atoms with Gasteiger partial charge in [-0.3, -0.25) is 9.98 Å². The smallest absolute Gasteiger partial charge is 0.0660 e. The Morgan fingerprint density at radius 2 is 1.80 bits per heavy atom. The van der Waals surface area contributed by atoms with Crippen LogP contribution in [0, 0.1) is 0 Å². The average Bonchev–Trinajstić information content (AvgIpc) is 2.22. The molecule has 0 fully saturated rings. The molecule has 0 aliphatic rings. The van der Waals surface area contributed by atoms with Crippen molar-refractivity contribution in [1.29, 1.82) is 0 Å². The summed E-state index contributed by atoms with van der Waals surface area (Å²) in [5.41, 5.74) is 4.60. The fourth-order valence-corrected chi connectivity index (χ4v) is 1.39. The summed E-state index contributed by atoms with van der Waals surface area (Å²) in [6, 6.07) is 0. The molecule has 2 nitrogen and oxygen atoms in total. The molecule has 0 saturated carbocycles. The number of rotatable bonds is 4. The molecule has 0 atom stereocenters. The van der Waals surface area contributed by atoms with Gasteiger partial charge in [-0.15, -0.1) is 0 Å². The van der Waals surface area contributed by atoms with Crippen molar-refractivity contribution in [2.45, 2.75) is 27.7 Å². The Morgan fingerprint density at radius 3 is 2.13 bits per heavy atom. The Morgan fingerprint density at radius 1 is 1.20 bits per heavy atom. The van der Waals surface area contributed by atoms with Crippen molar-refractivity contribution in [2.24, 2.45) is 9.98 Å². The monoisotopic (exact) mass is 204 g/mol. The van der Waals surface area contributed by atoms with Crippen molar-refractivity contribution >= 4 is 12.4 Å². The van der Waals surface area contributed by atoms with Gasteiger partial charge < -0.3 is 0 Å². The Bertz CT molecular complexity index is 338. The second-order valence-corrected chi connectivity index (χ2v) is 3.45. The van der Waals surface area contributed by atoms with Crippen LogP contribution in [0.2, 0.25) is 0 Å². The Kier molecular flexibility index (Phi) is 6.27. The number of hydrogen-bond acceptors (Lipinski definition) is 2. The van der Waals surface area contributed by atoms with Crippen molar-refractivity contribution in [2.75, 3.05) is 7.05 Å². The van der Waals surface area contributed by atoms with Crippen LogP contribution in [-0.4, -0.2) is 19.5 Å². The van der Waals surface area contributed by atoms with Crippen LogP contribution in [0.3, 0.4) is 0 Å². The number of nitrogens with zero attached hydrogens (tertiary/aromatic N) is 2. The van der Waals surface area contributed by atoms with E-state index in [1.54, 1.807) is 13.2 Å². The van der Waals surface area contributed by atoms with E-state index in [0.717, 1.165) is 5.71 Å². The summed E-state index contributed by atoms with van der Waals surface area (Å²) in [4.78, 5) is 7.96. The SMILES string of the molecule is C=N/C=C\C(=NC)C(=C(C)C)/C(C)=C\C. The Hall–Kier alpha value is -1.44. The standard InChI is InChI=1S/C13H20N2/c1-7-11(4)13(10(2)3)12(15-6)8-9-14-5/h7-9H,5H2,1-4,6H3/b9-8-,11-7-,15-12?. The highest BCUT2D eigenvalue weighted by Gasteiger charge is 2.06. The first kappa shape index (κ1) is 13.6. The van der Waals surface area contributed by atoms with E-state index in [9.17, 15) is 0 Å². The molecule has 82 valence electrons. The summed E-state index contributed by atoms with van der Waals surface area (Å²) >= 11 is 0. The van der Waals surface area contributed by atoms with Crippen molar-refractivity contribution in [3.05, 3.63) is 35.1 Å². The van der Waals surface area contributed by atoms with E-state index in [0.29, 0.717) is 0 Å². The topological polar surface area (TPSA) is 24.7 Å².